The molecule has 2 rings (SSSR count). The van der Waals surface area contributed by atoms with E-state index in [-0.39, 0.29) is 5.97 Å². The fourth-order valence-corrected chi connectivity index (χ4v) is 2.15. The van der Waals surface area contributed by atoms with Gasteiger partial charge in [-0.05, 0) is 37.1 Å². The zero-order valence-electron chi connectivity index (χ0n) is 12.7. The number of ether oxygens (including phenoxy) is 1. The number of methoxy groups -OCH3 is 1. The van der Waals surface area contributed by atoms with Crippen LogP contribution in [0.4, 0.5) is 5.69 Å². The van der Waals surface area contributed by atoms with E-state index < -0.39 is 0 Å². The standard InChI is InChI=1S/C16H21N3O2/c1-4-7-19-11-13(10-18-19)9-17-15-6-5-14(8-12(15)2)16(20)21-3/h5-6,8,10-11,17H,4,7,9H2,1-3H3. The van der Waals surface area contributed by atoms with Crippen molar-refractivity contribution in [2.75, 3.05) is 12.4 Å². The van der Waals surface area contributed by atoms with Gasteiger partial charge in [-0.3, -0.25) is 4.68 Å². The van der Waals surface area contributed by atoms with Crippen molar-refractivity contribution in [1.29, 1.82) is 0 Å². The summed E-state index contributed by atoms with van der Waals surface area (Å²) in [6.07, 6.45) is 5.00. The molecule has 0 aliphatic heterocycles. The number of rotatable bonds is 6. The Hall–Kier alpha value is -2.30. The van der Waals surface area contributed by atoms with Crippen molar-refractivity contribution in [3.05, 3.63) is 47.3 Å². The Labute approximate surface area is 124 Å². The van der Waals surface area contributed by atoms with Gasteiger partial charge in [-0.25, -0.2) is 4.79 Å². The Morgan fingerprint density at radius 3 is 2.90 bits per heavy atom. The van der Waals surface area contributed by atoms with Crippen LogP contribution < -0.4 is 5.32 Å². The van der Waals surface area contributed by atoms with Crippen LogP contribution in [0.5, 0.6) is 0 Å². The summed E-state index contributed by atoms with van der Waals surface area (Å²) in [6, 6.07) is 5.49. The smallest absolute Gasteiger partial charge is 0.337 e. The molecule has 0 bridgehead atoms. The Balaban J connectivity index is 2.00. The summed E-state index contributed by atoms with van der Waals surface area (Å²) in [4.78, 5) is 11.5. The molecule has 0 unspecified atom stereocenters. The Bertz CT molecular complexity index is 620. The molecule has 1 N–H and O–H groups in total. The van der Waals surface area contributed by atoms with Gasteiger partial charge in [0.2, 0.25) is 0 Å². The number of nitrogens with one attached hydrogen (secondary N) is 1. The van der Waals surface area contributed by atoms with E-state index in [1.807, 2.05) is 29.9 Å². The van der Waals surface area contributed by atoms with Gasteiger partial charge >= 0.3 is 5.97 Å². The van der Waals surface area contributed by atoms with E-state index >= 15 is 0 Å². The highest BCUT2D eigenvalue weighted by Gasteiger charge is 2.07. The van der Waals surface area contributed by atoms with Crippen LogP contribution in [-0.4, -0.2) is 22.9 Å². The van der Waals surface area contributed by atoms with Crippen LogP contribution in [0.15, 0.2) is 30.6 Å². The topological polar surface area (TPSA) is 56.2 Å². The maximum atomic E-state index is 11.5. The first-order chi connectivity index (χ1) is 10.1. The van der Waals surface area contributed by atoms with Crippen LogP contribution in [0.25, 0.3) is 0 Å². The van der Waals surface area contributed by atoms with E-state index in [2.05, 4.69) is 23.5 Å². The highest BCUT2D eigenvalue weighted by molar-refractivity contribution is 5.90. The molecule has 0 atom stereocenters. The molecule has 0 saturated carbocycles. The minimum absolute atomic E-state index is 0.314. The fraction of sp³-hybridized carbons (Fsp3) is 0.375. The zero-order chi connectivity index (χ0) is 15.2. The second-order valence-corrected chi connectivity index (χ2v) is 4.99. The van der Waals surface area contributed by atoms with Crippen LogP contribution in [0.1, 0.15) is 34.8 Å². The molecule has 0 spiro atoms. The van der Waals surface area contributed by atoms with Gasteiger partial charge in [0, 0.05) is 30.5 Å². The predicted molar refractivity (Wildman–Crippen MR) is 82.4 cm³/mol. The van der Waals surface area contributed by atoms with E-state index in [9.17, 15) is 4.79 Å². The van der Waals surface area contributed by atoms with Crippen LogP contribution in [-0.2, 0) is 17.8 Å². The van der Waals surface area contributed by atoms with E-state index in [0.29, 0.717) is 12.1 Å². The summed E-state index contributed by atoms with van der Waals surface area (Å²) in [5, 5.41) is 7.67. The molecule has 0 saturated heterocycles. The number of carbonyl (C=O) groups is 1. The average Bonchev–Trinajstić information content (AvgIpc) is 2.93. The number of anilines is 1. The van der Waals surface area contributed by atoms with Gasteiger partial charge in [-0.2, -0.15) is 5.10 Å². The summed E-state index contributed by atoms with van der Waals surface area (Å²) in [5.41, 5.74) is 3.72. The molecular formula is C16H21N3O2. The molecule has 1 aromatic carbocycles. The van der Waals surface area contributed by atoms with Gasteiger partial charge in [-0.15, -0.1) is 0 Å². The lowest BCUT2D eigenvalue weighted by Crippen LogP contribution is -2.04. The van der Waals surface area contributed by atoms with Crippen LogP contribution in [0.3, 0.4) is 0 Å². The number of hydrogen-bond acceptors (Lipinski definition) is 4. The minimum Gasteiger partial charge on any atom is -0.465 e. The van der Waals surface area contributed by atoms with Gasteiger partial charge in [0.25, 0.3) is 0 Å². The zero-order valence-corrected chi connectivity index (χ0v) is 12.7. The average molecular weight is 287 g/mol. The highest BCUT2D eigenvalue weighted by atomic mass is 16.5. The van der Waals surface area contributed by atoms with E-state index in [4.69, 9.17) is 4.74 Å². The van der Waals surface area contributed by atoms with Crippen LogP contribution in [0.2, 0.25) is 0 Å². The normalized spacial score (nSPS) is 10.4. The molecule has 0 radical (unpaired) electrons. The molecule has 2 aromatic rings. The van der Waals surface area contributed by atoms with Crippen LogP contribution >= 0.6 is 0 Å². The van der Waals surface area contributed by atoms with Crippen molar-refractivity contribution in [2.45, 2.75) is 33.4 Å². The highest BCUT2D eigenvalue weighted by Crippen LogP contribution is 2.18. The number of nitrogens with zero attached hydrogens (tertiary/aromatic N) is 2. The van der Waals surface area contributed by atoms with Crippen molar-refractivity contribution < 1.29 is 9.53 Å². The van der Waals surface area contributed by atoms with Gasteiger partial charge in [0.05, 0.1) is 18.9 Å². The molecule has 5 nitrogen and oxygen atoms in total. The van der Waals surface area contributed by atoms with Gasteiger partial charge < -0.3 is 10.1 Å². The molecule has 5 heteroatoms. The van der Waals surface area contributed by atoms with Crippen LogP contribution in [0, 0.1) is 6.92 Å². The summed E-state index contributed by atoms with van der Waals surface area (Å²) in [6.45, 7) is 5.75. The first-order valence-corrected chi connectivity index (χ1v) is 7.08. The molecule has 0 aliphatic rings. The Kier molecular flexibility index (Phi) is 4.98. The largest absolute Gasteiger partial charge is 0.465 e. The quantitative estimate of drug-likeness (QED) is 0.830. The number of esters is 1. The second kappa shape index (κ2) is 6.92. The van der Waals surface area contributed by atoms with Crippen molar-refractivity contribution in [3.8, 4) is 0 Å². The summed E-state index contributed by atoms with van der Waals surface area (Å²) in [5.74, 6) is -0.314. The third-order valence-corrected chi connectivity index (χ3v) is 3.27. The Morgan fingerprint density at radius 1 is 1.43 bits per heavy atom. The molecule has 0 aliphatic carbocycles. The molecular weight excluding hydrogens is 266 g/mol. The van der Waals surface area contributed by atoms with Crippen molar-refractivity contribution >= 4 is 11.7 Å². The molecule has 0 fully saturated rings. The maximum Gasteiger partial charge on any atom is 0.337 e. The third kappa shape index (κ3) is 3.84. The maximum absolute atomic E-state index is 11.5. The summed E-state index contributed by atoms with van der Waals surface area (Å²) < 4.78 is 6.66. The fourth-order valence-electron chi connectivity index (χ4n) is 2.15. The van der Waals surface area contributed by atoms with Gasteiger partial charge in [0.1, 0.15) is 0 Å². The third-order valence-electron chi connectivity index (χ3n) is 3.27. The molecule has 21 heavy (non-hydrogen) atoms. The minimum atomic E-state index is -0.314. The SMILES string of the molecule is CCCn1cc(CNc2ccc(C(=O)OC)cc2C)cn1. The lowest BCUT2D eigenvalue weighted by molar-refractivity contribution is 0.0600. The Morgan fingerprint density at radius 2 is 2.24 bits per heavy atom. The number of aromatic nitrogens is 2. The first-order valence-electron chi connectivity index (χ1n) is 7.08. The van der Waals surface area contributed by atoms with Gasteiger partial charge in [-0.1, -0.05) is 6.92 Å². The van der Waals surface area contributed by atoms with Crippen molar-refractivity contribution in [3.63, 3.8) is 0 Å². The molecule has 112 valence electrons. The molecule has 1 heterocycles. The first kappa shape index (κ1) is 15.1. The van der Waals surface area contributed by atoms with Crippen molar-refractivity contribution in [2.24, 2.45) is 0 Å². The molecule has 1 aromatic heterocycles. The summed E-state index contributed by atoms with van der Waals surface area (Å²) >= 11 is 0. The van der Waals surface area contributed by atoms with Gasteiger partial charge in [0.15, 0.2) is 0 Å². The molecule has 0 amide bonds. The van der Waals surface area contributed by atoms with E-state index in [1.54, 1.807) is 6.07 Å². The lowest BCUT2D eigenvalue weighted by Gasteiger charge is -2.09. The van der Waals surface area contributed by atoms with E-state index in [0.717, 1.165) is 29.8 Å². The van der Waals surface area contributed by atoms with E-state index in [1.165, 1.54) is 7.11 Å². The number of aryl methyl sites for hydroxylation is 2. The lowest BCUT2D eigenvalue weighted by atomic mass is 10.1. The number of carbonyl (C=O) groups excluding carboxylic acids is 1. The number of hydrogen-bond donors (Lipinski definition) is 1. The second-order valence-electron chi connectivity index (χ2n) is 4.99. The summed E-state index contributed by atoms with van der Waals surface area (Å²) in [7, 11) is 1.39. The number of benzene rings is 1. The monoisotopic (exact) mass is 287 g/mol. The van der Waals surface area contributed by atoms with Crippen molar-refractivity contribution in [1.82, 2.24) is 9.78 Å². The predicted octanol–water partition coefficient (Wildman–Crippen LogP) is 3.00.